The third-order valence-electron chi connectivity index (χ3n) is 3.45. The maximum atomic E-state index is 11.7. The van der Waals surface area contributed by atoms with Gasteiger partial charge in [-0.3, -0.25) is 14.6 Å². The first-order valence-electron chi connectivity index (χ1n) is 6.02. The third kappa shape index (κ3) is 1.94. The standard InChI is InChI=1S/C12H15N5OS/c1-6-10-11(8-4-13-17(3)7(8)2)19-5-9(18)14-12(10)16-15-6/h4,11H,5H2,1-3H3,(H2,14,15,16,18)/t11-/m1/s1. The van der Waals surface area contributed by atoms with Crippen molar-refractivity contribution in [3.8, 4) is 0 Å². The van der Waals surface area contributed by atoms with Crippen LogP contribution in [0.3, 0.4) is 0 Å². The molecule has 0 bridgehead atoms. The average Bonchev–Trinajstić information content (AvgIpc) is 2.82. The zero-order chi connectivity index (χ0) is 13.6. The fourth-order valence-corrected chi connectivity index (χ4v) is 3.54. The van der Waals surface area contributed by atoms with Gasteiger partial charge in [-0.15, -0.1) is 11.8 Å². The Hall–Kier alpha value is -1.76. The summed E-state index contributed by atoms with van der Waals surface area (Å²) < 4.78 is 1.85. The number of hydrogen-bond acceptors (Lipinski definition) is 4. The molecule has 1 atom stereocenters. The van der Waals surface area contributed by atoms with Crippen molar-refractivity contribution < 1.29 is 4.79 Å². The number of amides is 1. The van der Waals surface area contributed by atoms with Crippen LogP contribution in [0.4, 0.5) is 5.82 Å². The monoisotopic (exact) mass is 277 g/mol. The Morgan fingerprint density at radius 3 is 2.95 bits per heavy atom. The average molecular weight is 277 g/mol. The minimum atomic E-state index is -0.0122. The van der Waals surface area contributed by atoms with Crippen molar-refractivity contribution in [1.82, 2.24) is 20.0 Å². The molecule has 2 aromatic rings. The van der Waals surface area contributed by atoms with Gasteiger partial charge in [-0.1, -0.05) is 0 Å². The van der Waals surface area contributed by atoms with Crippen molar-refractivity contribution in [3.63, 3.8) is 0 Å². The normalized spacial score (nSPS) is 18.9. The lowest BCUT2D eigenvalue weighted by atomic mass is 10.1. The first-order valence-corrected chi connectivity index (χ1v) is 7.07. The summed E-state index contributed by atoms with van der Waals surface area (Å²) in [5.41, 5.74) is 4.28. The maximum Gasteiger partial charge on any atom is 0.235 e. The second-order valence-corrected chi connectivity index (χ2v) is 5.75. The van der Waals surface area contributed by atoms with E-state index in [1.54, 1.807) is 11.8 Å². The molecule has 3 rings (SSSR count). The zero-order valence-corrected chi connectivity index (χ0v) is 11.8. The molecule has 0 saturated carbocycles. The SMILES string of the molecule is Cc1[nH]nc2c1[C@@H](c1cnn(C)c1C)SCC(=O)N2. The number of carbonyl (C=O) groups excluding carboxylic acids is 1. The van der Waals surface area contributed by atoms with Crippen LogP contribution in [0.25, 0.3) is 0 Å². The zero-order valence-electron chi connectivity index (χ0n) is 11.0. The fourth-order valence-electron chi connectivity index (χ4n) is 2.28. The molecule has 7 heteroatoms. The second-order valence-electron chi connectivity index (χ2n) is 4.66. The number of aromatic amines is 1. The Labute approximate surface area is 115 Å². The highest BCUT2D eigenvalue weighted by Gasteiger charge is 2.30. The van der Waals surface area contributed by atoms with E-state index in [1.807, 2.05) is 31.8 Å². The third-order valence-corrected chi connectivity index (χ3v) is 4.70. The van der Waals surface area contributed by atoms with Crippen molar-refractivity contribution in [2.24, 2.45) is 7.05 Å². The summed E-state index contributed by atoms with van der Waals surface area (Å²) in [7, 11) is 1.92. The molecule has 3 heterocycles. The maximum absolute atomic E-state index is 11.7. The summed E-state index contributed by atoms with van der Waals surface area (Å²) in [6.07, 6.45) is 1.87. The summed E-state index contributed by atoms with van der Waals surface area (Å²) >= 11 is 1.61. The molecule has 2 N–H and O–H groups in total. The van der Waals surface area contributed by atoms with Gasteiger partial charge < -0.3 is 5.32 Å². The van der Waals surface area contributed by atoms with Gasteiger partial charge in [0.2, 0.25) is 5.91 Å². The summed E-state index contributed by atoms with van der Waals surface area (Å²) in [5, 5.41) is 14.3. The van der Waals surface area contributed by atoms with E-state index in [1.165, 1.54) is 0 Å². The largest absolute Gasteiger partial charge is 0.308 e. The van der Waals surface area contributed by atoms with Crippen LogP contribution in [0, 0.1) is 13.8 Å². The van der Waals surface area contributed by atoms with Crippen molar-refractivity contribution in [1.29, 1.82) is 0 Å². The Bertz CT molecular complexity index is 645. The number of hydrogen-bond donors (Lipinski definition) is 2. The lowest BCUT2D eigenvalue weighted by Crippen LogP contribution is -2.12. The number of rotatable bonds is 1. The van der Waals surface area contributed by atoms with E-state index in [0.29, 0.717) is 11.6 Å². The first-order chi connectivity index (χ1) is 9.08. The van der Waals surface area contributed by atoms with Crippen LogP contribution in [-0.2, 0) is 11.8 Å². The van der Waals surface area contributed by atoms with Gasteiger partial charge in [-0.2, -0.15) is 10.2 Å². The van der Waals surface area contributed by atoms with E-state index in [2.05, 4.69) is 20.6 Å². The number of fused-ring (bicyclic) bond motifs is 1. The number of anilines is 1. The highest BCUT2D eigenvalue weighted by molar-refractivity contribution is 8.00. The predicted molar refractivity (Wildman–Crippen MR) is 74.2 cm³/mol. The van der Waals surface area contributed by atoms with E-state index in [9.17, 15) is 4.79 Å². The lowest BCUT2D eigenvalue weighted by Gasteiger charge is -2.14. The molecule has 0 fully saturated rings. The number of H-pyrrole nitrogens is 1. The van der Waals surface area contributed by atoms with Crippen LogP contribution in [0.15, 0.2) is 6.20 Å². The smallest absolute Gasteiger partial charge is 0.235 e. The molecule has 1 aliphatic rings. The second kappa shape index (κ2) is 4.41. The Balaban J connectivity index is 2.13. The minimum Gasteiger partial charge on any atom is -0.308 e. The van der Waals surface area contributed by atoms with Gasteiger partial charge in [0.1, 0.15) is 0 Å². The Kier molecular flexibility index (Phi) is 2.85. The number of thioether (sulfide) groups is 1. The van der Waals surface area contributed by atoms with Crippen LogP contribution in [0.1, 0.15) is 27.8 Å². The molecular formula is C12H15N5OS. The molecule has 6 nitrogen and oxygen atoms in total. The molecule has 0 aliphatic carbocycles. The van der Waals surface area contributed by atoms with Crippen LogP contribution in [0.5, 0.6) is 0 Å². The topological polar surface area (TPSA) is 75.6 Å². The van der Waals surface area contributed by atoms with Gasteiger partial charge in [0, 0.05) is 29.6 Å². The van der Waals surface area contributed by atoms with Crippen LogP contribution >= 0.6 is 11.8 Å². The van der Waals surface area contributed by atoms with Gasteiger partial charge in [0.25, 0.3) is 0 Å². The molecule has 0 unspecified atom stereocenters. The van der Waals surface area contributed by atoms with Gasteiger partial charge in [0.05, 0.1) is 17.2 Å². The number of nitrogens with one attached hydrogen (secondary N) is 2. The van der Waals surface area contributed by atoms with Gasteiger partial charge in [0.15, 0.2) is 5.82 Å². The Morgan fingerprint density at radius 1 is 1.47 bits per heavy atom. The molecule has 0 radical (unpaired) electrons. The number of aryl methyl sites for hydroxylation is 2. The highest BCUT2D eigenvalue weighted by atomic mass is 32.2. The van der Waals surface area contributed by atoms with E-state index in [4.69, 9.17) is 0 Å². The predicted octanol–water partition coefficient (Wildman–Crippen LogP) is 1.53. The summed E-state index contributed by atoms with van der Waals surface area (Å²) in [6, 6.07) is 0. The fraction of sp³-hybridized carbons (Fsp3) is 0.417. The molecule has 100 valence electrons. The molecule has 0 spiro atoms. The van der Waals surface area contributed by atoms with Crippen molar-refractivity contribution in [2.45, 2.75) is 19.1 Å². The molecule has 0 aromatic carbocycles. The summed E-state index contributed by atoms with van der Waals surface area (Å²) in [4.78, 5) is 11.7. The molecule has 1 amide bonds. The molecule has 19 heavy (non-hydrogen) atoms. The molecule has 1 aliphatic heterocycles. The van der Waals surface area contributed by atoms with E-state index >= 15 is 0 Å². The summed E-state index contributed by atoms with van der Waals surface area (Å²) in [5.74, 6) is 1.05. The molecule has 2 aromatic heterocycles. The van der Waals surface area contributed by atoms with Crippen molar-refractivity contribution in [2.75, 3.05) is 11.1 Å². The first kappa shape index (κ1) is 12.3. The Morgan fingerprint density at radius 2 is 2.26 bits per heavy atom. The molecular weight excluding hydrogens is 262 g/mol. The van der Waals surface area contributed by atoms with E-state index in [-0.39, 0.29) is 11.2 Å². The van der Waals surface area contributed by atoms with Crippen molar-refractivity contribution in [3.05, 3.63) is 28.7 Å². The highest BCUT2D eigenvalue weighted by Crippen LogP contribution is 2.42. The minimum absolute atomic E-state index is 0.0122. The summed E-state index contributed by atoms with van der Waals surface area (Å²) in [6.45, 7) is 4.01. The lowest BCUT2D eigenvalue weighted by molar-refractivity contribution is -0.113. The van der Waals surface area contributed by atoms with Crippen LogP contribution in [0.2, 0.25) is 0 Å². The van der Waals surface area contributed by atoms with Gasteiger partial charge in [-0.05, 0) is 13.8 Å². The molecule has 0 saturated heterocycles. The number of aromatic nitrogens is 4. The number of nitrogens with zero attached hydrogens (tertiary/aromatic N) is 3. The van der Waals surface area contributed by atoms with Gasteiger partial charge >= 0.3 is 0 Å². The van der Waals surface area contributed by atoms with E-state index < -0.39 is 0 Å². The number of carbonyl (C=O) groups is 1. The van der Waals surface area contributed by atoms with Crippen molar-refractivity contribution >= 4 is 23.5 Å². The van der Waals surface area contributed by atoms with E-state index in [0.717, 1.165) is 22.5 Å². The van der Waals surface area contributed by atoms with Crippen LogP contribution in [-0.4, -0.2) is 31.6 Å². The quantitative estimate of drug-likeness (QED) is 0.829. The van der Waals surface area contributed by atoms with Gasteiger partial charge in [-0.25, -0.2) is 0 Å². The van der Waals surface area contributed by atoms with Crippen LogP contribution < -0.4 is 5.32 Å².